The van der Waals surface area contributed by atoms with Gasteiger partial charge in [0.25, 0.3) is 0 Å². The van der Waals surface area contributed by atoms with Crippen LogP contribution in [0.2, 0.25) is 0 Å². The summed E-state index contributed by atoms with van der Waals surface area (Å²) in [4.78, 5) is 25.6. The molecule has 1 aromatic rings. The molecule has 1 aliphatic heterocycles. The minimum Gasteiger partial charge on any atom is -0.465 e. The van der Waals surface area contributed by atoms with Crippen molar-refractivity contribution in [2.24, 2.45) is 5.92 Å². The Morgan fingerprint density at radius 2 is 1.43 bits per heavy atom. The van der Waals surface area contributed by atoms with Crippen molar-refractivity contribution in [1.29, 1.82) is 0 Å². The Hall–Kier alpha value is -2.51. The first-order chi connectivity index (χ1) is 14.3. The number of rotatable bonds is 4. The summed E-state index contributed by atoms with van der Waals surface area (Å²) >= 11 is 0. The third kappa shape index (κ3) is 3.68. The Kier molecular flexibility index (Phi) is 5.51. The number of hydrogen-bond donors (Lipinski definition) is 0. The molecule has 0 amide bonds. The van der Waals surface area contributed by atoms with Crippen molar-refractivity contribution in [3.63, 3.8) is 0 Å². The molecule has 0 aromatic heterocycles. The molecule has 1 heterocycles. The lowest BCUT2D eigenvalue weighted by Crippen LogP contribution is -2.30. The SMILES string of the molecule is CN(C)S(=O)(=O)c1ccc(/C=C/C2C3=C(CCCC3=O)OC3=C2C(=O)CCC3)cc1. The number of allylic oxidation sites excluding steroid dienone is 5. The summed E-state index contributed by atoms with van der Waals surface area (Å²) in [5, 5.41) is 0. The van der Waals surface area contributed by atoms with Crippen LogP contribution in [0.5, 0.6) is 0 Å². The van der Waals surface area contributed by atoms with Gasteiger partial charge in [-0.15, -0.1) is 0 Å². The van der Waals surface area contributed by atoms with E-state index in [0.717, 1.165) is 18.4 Å². The maximum Gasteiger partial charge on any atom is 0.242 e. The molecule has 158 valence electrons. The zero-order valence-corrected chi connectivity index (χ0v) is 18.0. The molecule has 4 rings (SSSR count). The van der Waals surface area contributed by atoms with E-state index in [1.54, 1.807) is 24.3 Å². The van der Waals surface area contributed by atoms with Crippen molar-refractivity contribution in [1.82, 2.24) is 4.31 Å². The summed E-state index contributed by atoms with van der Waals surface area (Å²) in [6.07, 6.45) is 7.65. The molecular formula is C23H25NO5S. The second-order valence-corrected chi connectivity index (χ2v) is 10.2. The Morgan fingerprint density at radius 3 is 1.93 bits per heavy atom. The maximum absolute atomic E-state index is 12.7. The van der Waals surface area contributed by atoms with Crippen LogP contribution < -0.4 is 0 Å². The van der Waals surface area contributed by atoms with Crippen LogP contribution in [-0.2, 0) is 24.3 Å². The third-order valence-corrected chi connectivity index (χ3v) is 7.65. The highest BCUT2D eigenvalue weighted by Gasteiger charge is 2.39. The molecule has 0 N–H and O–H groups in total. The van der Waals surface area contributed by atoms with E-state index < -0.39 is 15.9 Å². The summed E-state index contributed by atoms with van der Waals surface area (Å²) in [5.41, 5.74) is 2.02. The van der Waals surface area contributed by atoms with Crippen molar-refractivity contribution in [2.75, 3.05) is 14.1 Å². The van der Waals surface area contributed by atoms with Crippen molar-refractivity contribution in [3.8, 4) is 0 Å². The highest BCUT2D eigenvalue weighted by molar-refractivity contribution is 7.89. The van der Waals surface area contributed by atoms with E-state index in [9.17, 15) is 18.0 Å². The van der Waals surface area contributed by atoms with Crippen LogP contribution >= 0.6 is 0 Å². The topological polar surface area (TPSA) is 80.8 Å². The van der Waals surface area contributed by atoms with Gasteiger partial charge in [0.2, 0.25) is 10.0 Å². The Balaban J connectivity index is 1.68. The van der Waals surface area contributed by atoms with Crippen LogP contribution in [-0.4, -0.2) is 38.4 Å². The zero-order chi connectivity index (χ0) is 21.5. The average molecular weight is 428 g/mol. The highest BCUT2D eigenvalue weighted by atomic mass is 32.2. The molecule has 0 radical (unpaired) electrons. The number of sulfonamides is 1. The van der Waals surface area contributed by atoms with Crippen LogP contribution in [0.1, 0.15) is 44.1 Å². The summed E-state index contributed by atoms with van der Waals surface area (Å²) in [6.45, 7) is 0. The lowest BCUT2D eigenvalue weighted by Gasteiger charge is -2.34. The second-order valence-electron chi connectivity index (χ2n) is 8.02. The average Bonchev–Trinajstić information content (AvgIpc) is 2.72. The summed E-state index contributed by atoms with van der Waals surface area (Å²) in [6, 6.07) is 6.57. The Labute approximate surface area is 177 Å². The largest absolute Gasteiger partial charge is 0.465 e. The lowest BCUT2D eigenvalue weighted by molar-refractivity contribution is -0.117. The molecule has 0 bridgehead atoms. The molecule has 1 aromatic carbocycles. The molecule has 0 fully saturated rings. The third-order valence-electron chi connectivity index (χ3n) is 5.83. The first kappa shape index (κ1) is 20.8. The first-order valence-electron chi connectivity index (χ1n) is 10.2. The molecule has 2 aliphatic carbocycles. The molecule has 30 heavy (non-hydrogen) atoms. The van der Waals surface area contributed by atoms with Crippen molar-refractivity contribution < 1.29 is 22.7 Å². The summed E-state index contributed by atoms with van der Waals surface area (Å²) in [5.74, 6) is 1.12. The fourth-order valence-electron chi connectivity index (χ4n) is 4.23. The molecule has 0 saturated carbocycles. The number of ether oxygens (including phenoxy) is 1. The van der Waals surface area contributed by atoms with E-state index in [1.165, 1.54) is 18.4 Å². The van der Waals surface area contributed by atoms with E-state index in [1.807, 2.05) is 12.2 Å². The van der Waals surface area contributed by atoms with Crippen LogP contribution in [0.15, 0.2) is 57.9 Å². The number of carbonyl (C=O) groups excluding carboxylic acids is 2. The minimum atomic E-state index is -3.49. The standard InChI is InChI=1S/C23H25NO5S/c1-24(2)30(27,28)16-12-9-15(10-13-16)11-14-17-22-18(25)5-3-7-20(22)29-21-8-4-6-19(26)23(17)21/h9-14,17H,3-8H2,1-2H3/b14-11+. The van der Waals surface area contributed by atoms with Crippen molar-refractivity contribution in [3.05, 3.63) is 58.6 Å². The van der Waals surface area contributed by atoms with Gasteiger partial charge in [-0.1, -0.05) is 24.3 Å². The van der Waals surface area contributed by atoms with Crippen molar-refractivity contribution in [2.45, 2.75) is 43.4 Å². The number of ketones is 2. The lowest BCUT2D eigenvalue weighted by atomic mass is 9.76. The molecule has 0 atom stereocenters. The number of hydrogen-bond acceptors (Lipinski definition) is 5. The van der Waals surface area contributed by atoms with Gasteiger partial charge in [-0.25, -0.2) is 12.7 Å². The number of carbonyl (C=O) groups is 2. The van der Waals surface area contributed by atoms with Gasteiger partial charge in [-0.05, 0) is 30.5 Å². The van der Waals surface area contributed by atoms with Crippen molar-refractivity contribution >= 4 is 27.7 Å². The molecule has 0 spiro atoms. The molecule has 0 saturated heterocycles. The van der Waals surface area contributed by atoms with E-state index in [-0.39, 0.29) is 16.5 Å². The summed E-state index contributed by atoms with van der Waals surface area (Å²) < 4.78 is 31.7. The molecular weight excluding hydrogens is 402 g/mol. The maximum atomic E-state index is 12.7. The van der Waals surface area contributed by atoms with E-state index in [2.05, 4.69) is 0 Å². The fraction of sp³-hybridized carbons (Fsp3) is 0.391. The van der Waals surface area contributed by atoms with E-state index in [0.29, 0.717) is 48.3 Å². The predicted molar refractivity (Wildman–Crippen MR) is 113 cm³/mol. The normalized spacial score (nSPS) is 20.6. The molecule has 3 aliphatic rings. The van der Waals surface area contributed by atoms with Crippen LogP contribution in [0.3, 0.4) is 0 Å². The quantitative estimate of drug-likeness (QED) is 0.733. The van der Waals surface area contributed by atoms with Gasteiger partial charge >= 0.3 is 0 Å². The highest BCUT2D eigenvalue weighted by Crippen LogP contribution is 2.43. The predicted octanol–water partition coefficient (Wildman–Crippen LogP) is 3.61. The Bertz CT molecular complexity index is 1050. The second kappa shape index (κ2) is 7.96. The van der Waals surface area contributed by atoms with Gasteiger partial charge in [-0.2, -0.15) is 0 Å². The fourth-order valence-corrected chi connectivity index (χ4v) is 5.13. The minimum absolute atomic E-state index is 0.0447. The van der Waals surface area contributed by atoms with Gasteiger partial charge < -0.3 is 4.74 Å². The Morgan fingerprint density at radius 1 is 0.900 bits per heavy atom. The molecule has 0 unspecified atom stereocenters. The first-order valence-corrected chi connectivity index (χ1v) is 11.6. The van der Waals surface area contributed by atoms with E-state index in [4.69, 9.17) is 4.74 Å². The van der Waals surface area contributed by atoms with Gasteiger partial charge in [0.15, 0.2) is 11.6 Å². The molecule has 6 nitrogen and oxygen atoms in total. The summed E-state index contributed by atoms with van der Waals surface area (Å²) in [7, 11) is -0.500. The monoisotopic (exact) mass is 427 g/mol. The van der Waals surface area contributed by atoms with Crippen LogP contribution in [0.25, 0.3) is 6.08 Å². The number of benzene rings is 1. The number of nitrogens with zero attached hydrogens (tertiary/aromatic N) is 1. The van der Waals surface area contributed by atoms with Gasteiger partial charge in [0.1, 0.15) is 11.5 Å². The van der Waals surface area contributed by atoms with Gasteiger partial charge in [-0.3, -0.25) is 9.59 Å². The molecule has 7 heteroatoms. The zero-order valence-electron chi connectivity index (χ0n) is 17.2. The van der Waals surface area contributed by atoms with E-state index >= 15 is 0 Å². The van der Waals surface area contributed by atoms with Gasteiger partial charge in [0.05, 0.1) is 4.90 Å². The number of Topliss-reactive ketones (excluding diaryl/α,β-unsaturated/α-hetero) is 2. The van der Waals surface area contributed by atoms with Crippen LogP contribution in [0, 0.1) is 5.92 Å². The van der Waals surface area contributed by atoms with Gasteiger partial charge in [0, 0.05) is 56.8 Å². The van der Waals surface area contributed by atoms with Crippen LogP contribution in [0.4, 0.5) is 0 Å². The smallest absolute Gasteiger partial charge is 0.242 e.